The first-order valence-electron chi connectivity index (χ1n) is 8.12. The molecule has 138 valence electrons. The number of rotatable bonds is 6. The highest BCUT2D eigenvalue weighted by atomic mass is 16.4. The number of carbonyl (C=O) groups is 4. The minimum atomic E-state index is -1.25. The molecule has 3 N–H and O–H groups in total. The molecule has 0 spiro atoms. The molecule has 0 bridgehead atoms. The Balaban J connectivity index is 1.67. The van der Waals surface area contributed by atoms with Crippen LogP contribution < -0.4 is 5.32 Å². The van der Waals surface area contributed by atoms with E-state index in [9.17, 15) is 29.4 Å². The molecule has 0 saturated heterocycles. The summed E-state index contributed by atoms with van der Waals surface area (Å²) in [7, 11) is 0. The molecular weight excluding hydrogens is 352 g/mol. The molecule has 8 nitrogen and oxygen atoms in total. The number of phenols is 1. The van der Waals surface area contributed by atoms with Crippen LogP contribution in [-0.2, 0) is 16.0 Å². The van der Waals surface area contributed by atoms with Gasteiger partial charge in [-0.05, 0) is 29.8 Å². The Bertz CT molecular complexity index is 887. The Morgan fingerprint density at radius 1 is 0.963 bits per heavy atom. The molecule has 2 aromatic rings. The predicted molar refractivity (Wildman–Crippen MR) is 93.2 cm³/mol. The number of aliphatic carboxylic acids is 1. The van der Waals surface area contributed by atoms with E-state index >= 15 is 0 Å². The molecule has 2 aromatic carbocycles. The smallest absolute Gasteiger partial charge is 0.326 e. The third kappa shape index (κ3) is 3.79. The van der Waals surface area contributed by atoms with E-state index in [4.69, 9.17) is 0 Å². The molecular formula is C19H16N2O6. The van der Waals surface area contributed by atoms with Gasteiger partial charge in [0.25, 0.3) is 11.8 Å². The van der Waals surface area contributed by atoms with Crippen LogP contribution in [-0.4, -0.2) is 51.4 Å². The second kappa shape index (κ2) is 7.28. The molecule has 0 radical (unpaired) electrons. The zero-order chi connectivity index (χ0) is 19.6. The number of nitrogens with one attached hydrogen (secondary N) is 1. The zero-order valence-electron chi connectivity index (χ0n) is 14.1. The number of hydrogen-bond donors (Lipinski definition) is 3. The number of phenolic OH excluding ortho intramolecular Hbond substituents is 1. The fourth-order valence-corrected chi connectivity index (χ4v) is 2.83. The Morgan fingerprint density at radius 2 is 1.52 bits per heavy atom. The molecule has 0 saturated carbocycles. The average Bonchev–Trinajstić information content (AvgIpc) is 2.88. The number of fused-ring (bicyclic) bond motifs is 1. The lowest BCUT2D eigenvalue weighted by Gasteiger charge is -2.18. The number of nitrogens with zero attached hydrogens (tertiary/aromatic N) is 1. The number of benzene rings is 2. The van der Waals surface area contributed by atoms with Crippen LogP contribution in [0.2, 0.25) is 0 Å². The highest BCUT2D eigenvalue weighted by Crippen LogP contribution is 2.22. The SMILES string of the molecule is O=C(CN1C(=O)c2ccccc2C1=O)N[C@@H](Cc1ccc(O)cc1)C(=O)O. The van der Waals surface area contributed by atoms with Crippen LogP contribution in [0, 0.1) is 0 Å². The Morgan fingerprint density at radius 3 is 2.04 bits per heavy atom. The van der Waals surface area contributed by atoms with Crippen molar-refractivity contribution >= 4 is 23.7 Å². The summed E-state index contributed by atoms with van der Waals surface area (Å²) in [5.41, 5.74) is 1.03. The van der Waals surface area contributed by atoms with Crippen molar-refractivity contribution in [1.82, 2.24) is 10.2 Å². The minimum absolute atomic E-state index is 0.0104. The molecule has 1 aliphatic rings. The summed E-state index contributed by atoms with van der Waals surface area (Å²) in [6, 6.07) is 10.9. The lowest BCUT2D eigenvalue weighted by molar-refractivity contribution is -0.141. The van der Waals surface area contributed by atoms with E-state index in [0.717, 1.165) is 4.90 Å². The van der Waals surface area contributed by atoms with E-state index in [0.29, 0.717) is 5.56 Å². The summed E-state index contributed by atoms with van der Waals surface area (Å²) in [5.74, 6) is -3.14. The highest BCUT2D eigenvalue weighted by molar-refractivity contribution is 6.22. The third-order valence-electron chi connectivity index (χ3n) is 4.19. The van der Waals surface area contributed by atoms with E-state index in [1.165, 1.54) is 24.3 Å². The number of carboxylic acid groups (broad SMARTS) is 1. The summed E-state index contributed by atoms with van der Waals surface area (Å²) < 4.78 is 0. The van der Waals surface area contributed by atoms with Crippen LogP contribution in [0.4, 0.5) is 0 Å². The van der Waals surface area contributed by atoms with E-state index in [1.54, 1.807) is 24.3 Å². The molecule has 0 aliphatic carbocycles. The van der Waals surface area contributed by atoms with Crippen LogP contribution >= 0.6 is 0 Å². The van der Waals surface area contributed by atoms with Gasteiger partial charge < -0.3 is 15.5 Å². The first kappa shape index (κ1) is 18.1. The maximum Gasteiger partial charge on any atom is 0.326 e. The number of aromatic hydroxyl groups is 1. The average molecular weight is 368 g/mol. The number of amides is 3. The van der Waals surface area contributed by atoms with E-state index in [2.05, 4.69) is 5.32 Å². The summed E-state index contributed by atoms with van der Waals surface area (Å²) >= 11 is 0. The summed E-state index contributed by atoms with van der Waals surface area (Å²) in [5, 5.41) is 20.9. The topological polar surface area (TPSA) is 124 Å². The second-order valence-electron chi connectivity index (χ2n) is 6.07. The van der Waals surface area contributed by atoms with Gasteiger partial charge >= 0.3 is 5.97 Å². The lowest BCUT2D eigenvalue weighted by atomic mass is 10.1. The van der Waals surface area contributed by atoms with Gasteiger partial charge in [-0.2, -0.15) is 0 Å². The van der Waals surface area contributed by atoms with Crippen LogP contribution in [0.25, 0.3) is 0 Å². The first-order chi connectivity index (χ1) is 12.9. The molecule has 1 atom stereocenters. The van der Waals surface area contributed by atoms with Gasteiger partial charge in [0.15, 0.2) is 0 Å². The zero-order valence-corrected chi connectivity index (χ0v) is 14.1. The molecule has 0 unspecified atom stereocenters. The van der Waals surface area contributed by atoms with Gasteiger partial charge in [-0.3, -0.25) is 19.3 Å². The standard InChI is InChI=1S/C19H16N2O6/c22-12-7-5-11(6-8-12)9-15(19(26)27)20-16(23)10-21-17(24)13-3-1-2-4-14(13)18(21)25/h1-8,15,22H,9-10H2,(H,20,23)(H,26,27)/t15-/m0/s1. The Labute approximate surface area is 154 Å². The summed E-state index contributed by atoms with van der Waals surface area (Å²) in [6.07, 6.45) is -0.0104. The van der Waals surface area contributed by atoms with Gasteiger partial charge in [-0.1, -0.05) is 24.3 Å². The number of hydrogen-bond acceptors (Lipinski definition) is 5. The van der Waals surface area contributed by atoms with E-state index in [-0.39, 0.29) is 23.3 Å². The molecule has 3 amide bonds. The van der Waals surface area contributed by atoms with Crippen molar-refractivity contribution in [1.29, 1.82) is 0 Å². The van der Waals surface area contributed by atoms with E-state index < -0.39 is 36.3 Å². The van der Waals surface area contributed by atoms with Crippen molar-refractivity contribution in [2.45, 2.75) is 12.5 Å². The van der Waals surface area contributed by atoms with Crippen molar-refractivity contribution in [3.63, 3.8) is 0 Å². The van der Waals surface area contributed by atoms with Crippen LogP contribution in [0.1, 0.15) is 26.3 Å². The Kier molecular flexibility index (Phi) is 4.89. The van der Waals surface area contributed by atoms with Gasteiger partial charge in [0.05, 0.1) is 11.1 Å². The van der Waals surface area contributed by atoms with Crippen molar-refractivity contribution in [2.75, 3.05) is 6.54 Å². The summed E-state index contributed by atoms with van der Waals surface area (Å²) in [6.45, 7) is -0.564. The fraction of sp³-hybridized carbons (Fsp3) is 0.158. The van der Waals surface area contributed by atoms with Gasteiger partial charge in [0, 0.05) is 6.42 Å². The largest absolute Gasteiger partial charge is 0.508 e. The van der Waals surface area contributed by atoms with Crippen molar-refractivity contribution in [3.05, 3.63) is 65.2 Å². The second-order valence-corrected chi connectivity index (χ2v) is 6.07. The number of imide groups is 1. The molecule has 27 heavy (non-hydrogen) atoms. The molecule has 0 aromatic heterocycles. The summed E-state index contributed by atoms with van der Waals surface area (Å²) in [4.78, 5) is 49.0. The fourth-order valence-electron chi connectivity index (χ4n) is 2.83. The van der Waals surface area contributed by atoms with E-state index in [1.807, 2.05) is 0 Å². The van der Waals surface area contributed by atoms with Crippen LogP contribution in [0.5, 0.6) is 5.75 Å². The molecule has 1 aliphatic heterocycles. The van der Waals surface area contributed by atoms with Gasteiger partial charge in [0.2, 0.25) is 5.91 Å². The van der Waals surface area contributed by atoms with Crippen LogP contribution in [0.15, 0.2) is 48.5 Å². The van der Waals surface area contributed by atoms with Gasteiger partial charge in [-0.15, -0.1) is 0 Å². The number of carbonyl (C=O) groups excluding carboxylic acids is 3. The Hall–Kier alpha value is -3.68. The monoisotopic (exact) mass is 368 g/mol. The molecule has 0 fully saturated rings. The van der Waals surface area contributed by atoms with Crippen molar-refractivity contribution < 1.29 is 29.4 Å². The maximum atomic E-state index is 12.3. The molecule has 3 rings (SSSR count). The quantitative estimate of drug-likeness (QED) is 0.648. The maximum absolute atomic E-state index is 12.3. The van der Waals surface area contributed by atoms with Crippen molar-refractivity contribution in [2.24, 2.45) is 0 Å². The lowest BCUT2D eigenvalue weighted by Crippen LogP contribution is -2.47. The minimum Gasteiger partial charge on any atom is -0.508 e. The van der Waals surface area contributed by atoms with Gasteiger partial charge in [0.1, 0.15) is 18.3 Å². The van der Waals surface area contributed by atoms with Crippen molar-refractivity contribution in [3.8, 4) is 5.75 Å². The molecule has 1 heterocycles. The normalized spacial score (nSPS) is 14.0. The highest BCUT2D eigenvalue weighted by Gasteiger charge is 2.36. The van der Waals surface area contributed by atoms with Gasteiger partial charge in [-0.25, -0.2) is 4.79 Å². The first-order valence-corrected chi connectivity index (χ1v) is 8.12. The predicted octanol–water partition coefficient (Wildman–Crippen LogP) is 0.800. The third-order valence-corrected chi connectivity index (χ3v) is 4.19. The van der Waals surface area contributed by atoms with Crippen LogP contribution in [0.3, 0.4) is 0 Å². The molecule has 8 heteroatoms. The number of carboxylic acids is 1.